The van der Waals surface area contributed by atoms with Gasteiger partial charge in [0.1, 0.15) is 6.54 Å². The van der Waals surface area contributed by atoms with Crippen LogP contribution in [0.15, 0.2) is 24.3 Å². The molecule has 0 unspecified atom stereocenters. The number of H-pyrrole nitrogens is 1. The average Bonchev–Trinajstić information content (AvgIpc) is 3.24. The Morgan fingerprint density at radius 1 is 1.35 bits per heavy atom. The monoisotopic (exact) mass is 392 g/mol. The molecule has 1 aromatic carbocycles. The van der Waals surface area contributed by atoms with E-state index in [2.05, 4.69) is 15.5 Å². The van der Waals surface area contributed by atoms with Crippen LogP contribution in [0.25, 0.3) is 11.4 Å². The first-order chi connectivity index (χ1) is 12.6. The van der Waals surface area contributed by atoms with Crippen LogP contribution < -0.4 is 5.32 Å². The molecule has 0 spiro atoms. The molecule has 1 aromatic heterocycles. The van der Waals surface area contributed by atoms with Gasteiger partial charge in [0.2, 0.25) is 5.91 Å². The summed E-state index contributed by atoms with van der Waals surface area (Å²) in [5.74, 6) is 1.02. The van der Waals surface area contributed by atoms with Crippen LogP contribution in [0.5, 0.6) is 0 Å². The highest BCUT2D eigenvalue weighted by molar-refractivity contribution is 7.71. The molecule has 0 bridgehead atoms. The maximum Gasteiger partial charge on any atom is 0.240 e. The number of hydrogen-bond donors (Lipinski definition) is 2. The van der Waals surface area contributed by atoms with Gasteiger partial charge in [-0.25, -0.2) is 0 Å². The van der Waals surface area contributed by atoms with E-state index in [0.29, 0.717) is 27.6 Å². The van der Waals surface area contributed by atoms with Gasteiger partial charge in [-0.3, -0.25) is 14.5 Å². The van der Waals surface area contributed by atoms with Crippen LogP contribution in [-0.2, 0) is 16.1 Å². The van der Waals surface area contributed by atoms with E-state index in [4.69, 9.17) is 28.6 Å². The van der Waals surface area contributed by atoms with E-state index in [1.807, 2.05) is 12.1 Å². The lowest BCUT2D eigenvalue weighted by molar-refractivity contribution is -0.123. The third kappa shape index (κ3) is 3.56. The molecule has 2 fully saturated rings. The molecular weight excluding hydrogens is 372 g/mol. The van der Waals surface area contributed by atoms with Gasteiger partial charge in [-0.05, 0) is 62.2 Å². The average molecular weight is 393 g/mol. The summed E-state index contributed by atoms with van der Waals surface area (Å²) in [6, 6.07) is 7.50. The number of fused-ring (bicyclic) bond motifs is 1. The summed E-state index contributed by atoms with van der Waals surface area (Å²) in [6.45, 7) is 0.942. The quantitative estimate of drug-likeness (QED) is 0.783. The van der Waals surface area contributed by atoms with Crippen molar-refractivity contribution in [2.24, 2.45) is 5.92 Å². The number of carbonyl (C=O) groups excluding carboxylic acids is 1. The summed E-state index contributed by atoms with van der Waals surface area (Å²) in [7, 11) is 0. The number of amides is 1. The van der Waals surface area contributed by atoms with Crippen LogP contribution in [0.4, 0.5) is 0 Å². The molecule has 8 heteroatoms. The summed E-state index contributed by atoms with van der Waals surface area (Å²) < 4.78 is 7.93. The van der Waals surface area contributed by atoms with Crippen molar-refractivity contribution in [3.05, 3.63) is 34.1 Å². The number of aromatic amines is 1. The second-order valence-corrected chi connectivity index (χ2v) is 7.74. The number of nitrogens with one attached hydrogen (secondary N) is 2. The molecule has 1 aliphatic carbocycles. The number of ether oxygens (including phenoxy) is 1. The summed E-state index contributed by atoms with van der Waals surface area (Å²) in [5.41, 5.74) is 0.858. The molecule has 3 atom stereocenters. The third-order valence-corrected chi connectivity index (χ3v) is 5.85. The van der Waals surface area contributed by atoms with Crippen LogP contribution >= 0.6 is 23.8 Å². The molecule has 0 radical (unpaired) electrons. The van der Waals surface area contributed by atoms with Gasteiger partial charge >= 0.3 is 0 Å². The normalized spacial score (nSPS) is 25.0. The third-order valence-electron chi connectivity index (χ3n) is 5.29. The summed E-state index contributed by atoms with van der Waals surface area (Å²) in [6.07, 6.45) is 4.53. The molecule has 1 amide bonds. The van der Waals surface area contributed by atoms with Crippen LogP contribution in [-0.4, -0.2) is 39.4 Å². The number of benzene rings is 1. The molecule has 1 saturated carbocycles. The standard InChI is InChI=1S/C18H21ClN4O2S/c19-12-6-4-11(5-7-12)17-21-22-18(26)23(17)10-16(24)20-14-2-1-3-15-13(14)8-9-25-15/h4-7,13-15H,1-3,8-10H2,(H,20,24)(H,22,26)/t13-,14+,15-/m0/s1. The zero-order valence-electron chi connectivity index (χ0n) is 14.3. The second kappa shape index (κ2) is 7.50. The fraction of sp³-hybridized carbons (Fsp3) is 0.500. The van der Waals surface area contributed by atoms with Gasteiger partial charge in [-0.15, -0.1) is 0 Å². The van der Waals surface area contributed by atoms with Gasteiger partial charge in [0.25, 0.3) is 0 Å². The summed E-state index contributed by atoms with van der Waals surface area (Å²) >= 11 is 11.3. The SMILES string of the molecule is O=C(Cn1c(-c2ccc(Cl)cc2)n[nH]c1=S)N[C@@H]1CCC[C@@H]2OCC[C@H]21. The van der Waals surface area contributed by atoms with E-state index in [-0.39, 0.29) is 18.5 Å². The Balaban J connectivity index is 1.49. The van der Waals surface area contributed by atoms with E-state index >= 15 is 0 Å². The molecule has 2 N–H and O–H groups in total. The van der Waals surface area contributed by atoms with Crippen LogP contribution in [0.3, 0.4) is 0 Å². The molecule has 1 aliphatic heterocycles. The highest BCUT2D eigenvalue weighted by Gasteiger charge is 2.38. The van der Waals surface area contributed by atoms with E-state index in [0.717, 1.165) is 37.9 Å². The minimum Gasteiger partial charge on any atom is -0.378 e. The molecule has 2 aliphatic rings. The van der Waals surface area contributed by atoms with Crippen molar-refractivity contribution in [3.63, 3.8) is 0 Å². The first kappa shape index (κ1) is 17.7. The van der Waals surface area contributed by atoms with Crippen molar-refractivity contribution in [2.75, 3.05) is 6.61 Å². The number of rotatable bonds is 4. The molecular formula is C18H21ClN4O2S. The smallest absolute Gasteiger partial charge is 0.240 e. The van der Waals surface area contributed by atoms with E-state index in [1.165, 1.54) is 0 Å². The van der Waals surface area contributed by atoms with E-state index in [1.54, 1.807) is 16.7 Å². The molecule has 1 saturated heterocycles. The minimum atomic E-state index is -0.0461. The molecule has 4 rings (SSSR count). The van der Waals surface area contributed by atoms with Crippen LogP contribution in [0.1, 0.15) is 25.7 Å². The Morgan fingerprint density at radius 2 is 2.15 bits per heavy atom. The van der Waals surface area contributed by atoms with Crippen molar-refractivity contribution in [1.82, 2.24) is 20.1 Å². The number of aromatic nitrogens is 3. The van der Waals surface area contributed by atoms with Crippen molar-refractivity contribution >= 4 is 29.7 Å². The Morgan fingerprint density at radius 3 is 2.96 bits per heavy atom. The van der Waals surface area contributed by atoms with E-state index < -0.39 is 0 Å². The molecule has 2 aromatic rings. The lowest BCUT2D eigenvalue weighted by Gasteiger charge is -2.33. The van der Waals surface area contributed by atoms with E-state index in [9.17, 15) is 4.79 Å². The Kier molecular flexibility index (Phi) is 5.11. The second-order valence-electron chi connectivity index (χ2n) is 6.91. The largest absolute Gasteiger partial charge is 0.378 e. The molecule has 6 nitrogen and oxygen atoms in total. The van der Waals surface area contributed by atoms with Crippen molar-refractivity contribution in [3.8, 4) is 11.4 Å². The first-order valence-electron chi connectivity index (χ1n) is 8.94. The highest BCUT2D eigenvalue weighted by atomic mass is 35.5. The predicted octanol–water partition coefficient (Wildman–Crippen LogP) is 3.33. The maximum atomic E-state index is 12.7. The topological polar surface area (TPSA) is 71.9 Å². The summed E-state index contributed by atoms with van der Waals surface area (Å²) in [4.78, 5) is 12.7. The van der Waals surface area contributed by atoms with Crippen molar-refractivity contribution < 1.29 is 9.53 Å². The van der Waals surface area contributed by atoms with Gasteiger partial charge in [0.05, 0.1) is 6.10 Å². The summed E-state index contributed by atoms with van der Waals surface area (Å²) in [5, 5.41) is 10.9. The first-order valence-corrected chi connectivity index (χ1v) is 9.72. The number of hydrogen-bond acceptors (Lipinski definition) is 4. The van der Waals surface area contributed by atoms with Gasteiger partial charge in [-0.2, -0.15) is 5.10 Å². The van der Waals surface area contributed by atoms with Crippen molar-refractivity contribution in [1.29, 1.82) is 0 Å². The van der Waals surface area contributed by atoms with Gasteiger partial charge in [0, 0.05) is 29.2 Å². The van der Waals surface area contributed by atoms with Gasteiger partial charge in [0.15, 0.2) is 10.6 Å². The zero-order chi connectivity index (χ0) is 18.1. The minimum absolute atomic E-state index is 0.0461. The molecule has 138 valence electrons. The zero-order valence-corrected chi connectivity index (χ0v) is 15.9. The lowest BCUT2D eigenvalue weighted by Crippen LogP contribution is -2.46. The predicted molar refractivity (Wildman–Crippen MR) is 101 cm³/mol. The number of nitrogens with zero attached hydrogens (tertiary/aromatic N) is 2. The Labute approximate surface area is 161 Å². The van der Waals surface area contributed by atoms with Crippen LogP contribution in [0, 0.1) is 10.7 Å². The fourth-order valence-electron chi connectivity index (χ4n) is 4.03. The maximum absolute atomic E-state index is 12.7. The Hall–Kier alpha value is -1.70. The number of halogens is 1. The van der Waals surface area contributed by atoms with Gasteiger partial charge in [-0.1, -0.05) is 11.6 Å². The van der Waals surface area contributed by atoms with Crippen molar-refractivity contribution in [2.45, 2.75) is 44.4 Å². The Bertz CT molecular complexity index is 848. The highest BCUT2D eigenvalue weighted by Crippen LogP contribution is 2.34. The molecule has 26 heavy (non-hydrogen) atoms. The van der Waals surface area contributed by atoms with Crippen LogP contribution in [0.2, 0.25) is 5.02 Å². The van der Waals surface area contributed by atoms with Gasteiger partial charge < -0.3 is 10.1 Å². The lowest BCUT2D eigenvalue weighted by atomic mass is 9.82. The number of carbonyl (C=O) groups is 1. The fourth-order valence-corrected chi connectivity index (χ4v) is 4.36. The molecule has 2 heterocycles.